The smallest absolute Gasteiger partial charge is 0.383 e. The summed E-state index contributed by atoms with van der Waals surface area (Å²) in [6, 6.07) is 7.88. The maximum atomic E-state index is 12.9. The van der Waals surface area contributed by atoms with Crippen LogP contribution in [0.15, 0.2) is 30.3 Å². The van der Waals surface area contributed by atoms with E-state index in [1.165, 1.54) is 12.1 Å². The first kappa shape index (κ1) is 12.6. The Kier molecular flexibility index (Phi) is 3.13. The third-order valence-electron chi connectivity index (χ3n) is 2.24. The number of anilines is 1. The highest BCUT2D eigenvalue weighted by Gasteiger charge is 2.37. The highest BCUT2D eigenvalue weighted by Crippen LogP contribution is 2.38. The topological polar surface area (TPSA) is 51.8 Å². The van der Waals surface area contributed by atoms with Gasteiger partial charge in [-0.3, -0.25) is 0 Å². The maximum absolute atomic E-state index is 12.9. The van der Waals surface area contributed by atoms with E-state index in [1.807, 2.05) is 0 Å². The van der Waals surface area contributed by atoms with Gasteiger partial charge in [0.1, 0.15) is 5.82 Å². The van der Waals surface area contributed by atoms with Gasteiger partial charge in [0.25, 0.3) is 0 Å². The molecule has 94 valence electrons. The molecule has 0 aliphatic rings. The van der Waals surface area contributed by atoms with Gasteiger partial charge in [0.05, 0.1) is 5.56 Å². The highest BCUT2D eigenvalue weighted by atomic mass is 35.5. The number of alkyl halides is 3. The standard InChI is InChI=1S/C11H7ClF3N3/c12-10-17-8(11(13,14)15)7(9(16)18-10)6-4-2-1-3-5-6/h1-5H,(H2,16,17,18). The summed E-state index contributed by atoms with van der Waals surface area (Å²) in [4.78, 5) is 6.79. The Labute approximate surface area is 105 Å². The lowest BCUT2D eigenvalue weighted by Gasteiger charge is -2.13. The number of rotatable bonds is 1. The molecule has 0 saturated heterocycles. The van der Waals surface area contributed by atoms with Crippen molar-refractivity contribution in [1.29, 1.82) is 0 Å². The van der Waals surface area contributed by atoms with Gasteiger partial charge in [0.15, 0.2) is 5.69 Å². The molecule has 0 bridgehead atoms. The summed E-state index contributed by atoms with van der Waals surface area (Å²) >= 11 is 5.41. The molecule has 0 spiro atoms. The molecule has 18 heavy (non-hydrogen) atoms. The summed E-state index contributed by atoms with van der Waals surface area (Å²) in [6.45, 7) is 0. The van der Waals surface area contributed by atoms with Gasteiger partial charge >= 0.3 is 6.18 Å². The average Bonchev–Trinajstić information content (AvgIpc) is 2.28. The SMILES string of the molecule is Nc1nc(Cl)nc(C(F)(F)F)c1-c1ccccc1. The first-order chi connectivity index (χ1) is 8.39. The van der Waals surface area contributed by atoms with Gasteiger partial charge in [-0.25, -0.2) is 9.97 Å². The van der Waals surface area contributed by atoms with Crippen molar-refractivity contribution in [3.05, 3.63) is 41.3 Å². The van der Waals surface area contributed by atoms with Crippen molar-refractivity contribution in [3.63, 3.8) is 0 Å². The second-order valence-electron chi connectivity index (χ2n) is 3.47. The van der Waals surface area contributed by atoms with E-state index in [4.69, 9.17) is 17.3 Å². The van der Waals surface area contributed by atoms with Crippen LogP contribution in [0.2, 0.25) is 5.28 Å². The molecule has 0 aliphatic heterocycles. The van der Waals surface area contributed by atoms with Crippen molar-refractivity contribution in [2.75, 3.05) is 5.73 Å². The molecule has 0 atom stereocenters. The zero-order valence-corrected chi connectivity index (χ0v) is 9.63. The number of nitrogens with two attached hydrogens (primary N) is 1. The van der Waals surface area contributed by atoms with E-state index >= 15 is 0 Å². The Morgan fingerprint density at radius 2 is 1.67 bits per heavy atom. The summed E-state index contributed by atoms with van der Waals surface area (Å²) in [7, 11) is 0. The van der Waals surface area contributed by atoms with E-state index in [9.17, 15) is 13.2 Å². The normalized spacial score (nSPS) is 11.6. The van der Waals surface area contributed by atoms with Crippen LogP contribution in [-0.4, -0.2) is 9.97 Å². The van der Waals surface area contributed by atoms with Crippen molar-refractivity contribution < 1.29 is 13.2 Å². The molecule has 2 rings (SSSR count). The number of nitrogen functional groups attached to an aromatic ring is 1. The highest BCUT2D eigenvalue weighted by molar-refractivity contribution is 6.28. The Bertz CT molecular complexity index is 570. The second-order valence-corrected chi connectivity index (χ2v) is 3.80. The molecule has 0 radical (unpaired) electrons. The van der Waals surface area contributed by atoms with Crippen LogP contribution in [0.25, 0.3) is 11.1 Å². The molecular formula is C11H7ClF3N3. The van der Waals surface area contributed by atoms with Crippen LogP contribution in [-0.2, 0) is 6.18 Å². The molecule has 3 nitrogen and oxygen atoms in total. The minimum Gasteiger partial charge on any atom is -0.383 e. The quantitative estimate of drug-likeness (QED) is 0.810. The van der Waals surface area contributed by atoms with Crippen LogP contribution < -0.4 is 5.73 Å². The molecule has 1 aromatic heterocycles. The zero-order valence-electron chi connectivity index (χ0n) is 8.87. The van der Waals surface area contributed by atoms with Crippen molar-refractivity contribution >= 4 is 17.4 Å². The van der Waals surface area contributed by atoms with Crippen LogP contribution in [0.1, 0.15) is 5.69 Å². The van der Waals surface area contributed by atoms with E-state index in [0.29, 0.717) is 5.56 Å². The fourth-order valence-corrected chi connectivity index (χ4v) is 1.72. The van der Waals surface area contributed by atoms with Gasteiger partial charge < -0.3 is 5.73 Å². The summed E-state index contributed by atoms with van der Waals surface area (Å²) in [5.41, 5.74) is 4.42. The minimum atomic E-state index is -4.65. The number of hydrogen-bond acceptors (Lipinski definition) is 3. The van der Waals surface area contributed by atoms with Crippen LogP contribution >= 0.6 is 11.6 Å². The molecule has 7 heteroatoms. The van der Waals surface area contributed by atoms with E-state index < -0.39 is 17.2 Å². The predicted octanol–water partition coefficient (Wildman–Crippen LogP) is 3.40. The number of nitrogens with zero attached hydrogens (tertiary/aromatic N) is 2. The van der Waals surface area contributed by atoms with Crippen LogP contribution in [0, 0.1) is 0 Å². The molecule has 1 heterocycles. The van der Waals surface area contributed by atoms with Gasteiger partial charge in [-0.15, -0.1) is 0 Å². The van der Waals surface area contributed by atoms with Crippen molar-refractivity contribution in [3.8, 4) is 11.1 Å². The van der Waals surface area contributed by atoms with E-state index in [1.54, 1.807) is 18.2 Å². The molecule has 0 unspecified atom stereocenters. The molecule has 0 saturated carbocycles. The molecule has 0 fully saturated rings. The minimum absolute atomic E-state index is 0.257. The molecule has 0 aliphatic carbocycles. The summed E-state index contributed by atoms with van der Waals surface area (Å²) in [5, 5.41) is -0.528. The molecule has 2 aromatic rings. The third kappa shape index (κ3) is 2.38. The van der Waals surface area contributed by atoms with Gasteiger partial charge in [0.2, 0.25) is 5.28 Å². The Morgan fingerprint density at radius 3 is 2.22 bits per heavy atom. The zero-order chi connectivity index (χ0) is 13.3. The first-order valence-corrected chi connectivity index (χ1v) is 5.23. The molecule has 1 aromatic carbocycles. The van der Waals surface area contributed by atoms with E-state index in [0.717, 1.165) is 0 Å². The second kappa shape index (κ2) is 4.45. The van der Waals surface area contributed by atoms with Crippen molar-refractivity contribution in [2.24, 2.45) is 0 Å². The predicted molar refractivity (Wildman–Crippen MR) is 61.9 cm³/mol. The first-order valence-electron chi connectivity index (χ1n) is 4.85. The number of halogens is 4. The van der Waals surface area contributed by atoms with Crippen LogP contribution in [0.3, 0.4) is 0 Å². The van der Waals surface area contributed by atoms with Crippen molar-refractivity contribution in [2.45, 2.75) is 6.18 Å². The lowest BCUT2D eigenvalue weighted by atomic mass is 10.0. The monoisotopic (exact) mass is 273 g/mol. The van der Waals surface area contributed by atoms with Gasteiger partial charge in [-0.05, 0) is 17.2 Å². The van der Waals surface area contributed by atoms with E-state index in [-0.39, 0.29) is 11.4 Å². The van der Waals surface area contributed by atoms with Gasteiger partial charge in [-0.2, -0.15) is 13.2 Å². The average molecular weight is 274 g/mol. The fourth-order valence-electron chi connectivity index (χ4n) is 1.54. The summed E-state index contributed by atoms with van der Waals surface area (Å²) < 4.78 is 38.7. The van der Waals surface area contributed by atoms with Crippen LogP contribution in [0.4, 0.5) is 19.0 Å². The number of aromatic nitrogens is 2. The Morgan fingerprint density at radius 1 is 1.06 bits per heavy atom. The summed E-state index contributed by atoms with van der Waals surface area (Å²) in [6.07, 6.45) is -4.65. The number of benzene rings is 1. The maximum Gasteiger partial charge on any atom is 0.434 e. The Balaban J connectivity index is 2.74. The fraction of sp³-hybridized carbons (Fsp3) is 0.0909. The lowest BCUT2D eigenvalue weighted by Crippen LogP contribution is -2.13. The van der Waals surface area contributed by atoms with Crippen LogP contribution in [0.5, 0.6) is 0 Å². The molecule has 0 amide bonds. The van der Waals surface area contributed by atoms with E-state index in [2.05, 4.69) is 9.97 Å². The Hall–Kier alpha value is -1.82. The molecule has 2 N–H and O–H groups in total. The summed E-state index contributed by atoms with van der Waals surface area (Å²) in [5.74, 6) is -0.298. The third-order valence-corrected chi connectivity index (χ3v) is 2.41. The van der Waals surface area contributed by atoms with Crippen molar-refractivity contribution in [1.82, 2.24) is 9.97 Å². The lowest BCUT2D eigenvalue weighted by molar-refractivity contribution is -0.140. The van der Waals surface area contributed by atoms with Gasteiger partial charge in [0, 0.05) is 0 Å². The number of hydrogen-bond donors (Lipinski definition) is 1. The largest absolute Gasteiger partial charge is 0.434 e. The van der Waals surface area contributed by atoms with Gasteiger partial charge in [-0.1, -0.05) is 30.3 Å². The molecular weight excluding hydrogens is 267 g/mol.